The first-order chi connectivity index (χ1) is 14.5. The number of fused-ring (bicyclic) bond motifs is 1. The van der Waals surface area contributed by atoms with Gasteiger partial charge >= 0.3 is 6.09 Å². The molecule has 0 bridgehead atoms. The molecule has 2 aromatic heterocycles. The van der Waals surface area contributed by atoms with E-state index in [1.54, 1.807) is 37.7 Å². The fourth-order valence-electron chi connectivity index (χ4n) is 4.23. The summed E-state index contributed by atoms with van der Waals surface area (Å²) >= 11 is 0. The fraction of sp³-hybridized carbons (Fsp3) is 0.682. The third-order valence-corrected chi connectivity index (χ3v) is 6.10. The largest absolute Gasteiger partial charge is 0.444 e. The van der Waals surface area contributed by atoms with Crippen molar-refractivity contribution in [2.75, 3.05) is 0 Å². The number of carbonyl (C=O) groups is 1. The summed E-state index contributed by atoms with van der Waals surface area (Å²) in [6.45, 7) is 5.34. The number of hydrogen-bond acceptors (Lipinski definition) is 5. The van der Waals surface area contributed by atoms with E-state index in [2.05, 4.69) is 15.4 Å². The lowest BCUT2D eigenvalue weighted by molar-refractivity contribution is -0.0500. The summed E-state index contributed by atoms with van der Waals surface area (Å²) in [6.07, 6.45) is 5.36. The highest BCUT2D eigenvalue weighted by Crippen LogP contribution is 2.42. The van der Waals surface area contributed by atoms with Crippen LogP contribution >= 0.6 is 0 Å². The van der Waals surface area contributed by atoms with E-state index in [0.29, 0.717) is 30.1 Å². The van der Waals surface area contributed by atoms with Crippen LogP contribution in [-0.2, 0) is 4.74 Å². The molecule has 0 radical (unpaired) electrons. The number of hydrogen-bond donors (Lipinski definition) is 2. The molecule has 0 aliphatic heterocycles. The van der Waals surface area contributed by atoms with Gasteiger partial charge in [0.1, 0.15) is 5.60 Å². The SMILES string of the molecule is CC(C)(C)OC(=O)NC(c1cn2ncc([C@H](N)C3CC3)cc2n1)C1CCC(F)(F)CC1. The van der Waals surface area contributed by atoms with Crippen LogP contribution in [0.15, 0.2) is 18.5 Å². The Morgan fingerprint density at radius 2 is 1.94 bits per heavy atom. The van der Waals surface area contributed by atoms with Crippen molar-refractivity contribution in [3.63, 3.8) is 0 Å². The Balaban J connectivity index is 1.60. The van der Waals surface area contributed by atoms with E-state index in [1.807, 2.05) is 6.07 Å². The molecule has 1 unspecified atom stereocenters. The van der Waals surface area contributed by atoms with Gasteiger partial charge < -0.3 is 15.8 Å². The second-order valence-electron chi connectivity index (χ2n) is 9.94. The molecule has 2 aromatic rings. The highest BCUT2D eigenvalue weighted by Gasteiger charge is 2.40. The van der Waals surface area contributed by atoms with Gasteiger partial charge in [0.15, 0.2) is 5.65 Å². The normalized spacial score (nSPS) is 21.6. The van der Waals surface area contributed by atoms with Crippen molar-refractivity contribution in [2.24, 2.45) is 17.6 Å². The van der Waals surface area contributed by atoms with E-state index in [0.717, 1.165) is 18.4 Å². The summed E-state index contributed by atoms with van der Waals surface area (Å²) in [7, 11) is 0. The Morgan fingerprint density at radius 1 is 1.26 bits per heavy atom. The standard InChI is InChI=1S/C22H31F2N5O2/c1-21(2,3)31-20(30)28-19(14-6-8-22(23,24)9-7-14)16-12-29-17(27-16)10-15(11-26-29)18(25)13-4-5-13/h10-14,18-19H,4-9,25H2,1-3H3,(H,28,30)/t18-,19?/m1/s1. The number of aromatic nitrogens is 3. The van der Waals surface area contributed by atoms with Crippen LogP contribution in [0.1, 0.15) is 82.6 Å². The summed E-state index contributed by atoms with van der Waals surface area (Å²) in [5.41, 5.74) is 7.79. The van der Waals surface area contributed by atoms with Crippen molar-refractivity contribution >= 4 is 11.7 Å². The summed E-state index contributed by atoms with van der Waals surface area (Å²) < 4.78 is 34.5. The summed E-state index contributed by atoms with van der Waals surface area (Å²) in [4.78, 5) is 17.2. The van der Waals surface area contributed by atoms with E-state index in [-0.39, 0.29) is 24.8 Å². The molecule has 7 nitrogen and oxygen atoms in total. The van der Waals surface area contributed by atoms with Crippen LogP contribution in [-0.4, -0.2) is 32.2 Å². The van der Waals surface area contributed by atoms with Crippen LogP contribution in [0.25, 0.3) is 5.65 Å². The van der Waals surface area contributed by atoms with Gasteiger partial charge in [-0.2, -0.15) is 5.10 Å². The Labute approximate surface area is 180 Å². The number of nitrogens with two attached hydrogens (primary N) is 1. The number of ether oxygens (including phenoxy) is 1. The maximum atomic E-state index is 13.7. The molecular formula is C22H31F2N5O2. The van der Waals surface area contributed by atoms with Gasteiger partial charge in [-0.05, 0) is 69.9 Å². The minimum absolute atomic E-state index is 0.0612. The van der Waals surface area contributed by atoms with Crippen LogP contribution in [0, 0.1) is 11.8 Å². The maximum absolute atomic E-state index is 13.7. The van der Waals surface area contributed by atoms with Gasteiger partial charge in [0, 0.05) is 18.9 Å². The van der Waals surface area contributed by atoms with E-state index in [4.69, 9.17) is 10.5 Å². The first-order valence-corrected chi connectivity index (χ1v) is 11.0. The van der Waals surface area contributed by atoms with Crippen molar-refractivity contribution in [1.29, 1.82) is 0 Å². The smallest absolute Gasteiger partial charge is 0.408 e. The lowest BCUT2D eigenvalue weighted by Crippen LogP contribution is -2.40. The Hall–Kier alpha value is -2.29. The van der Waals surface area contributed by atoms with Gasteiger partial charge in [-0.3, -0.25) is 0 Å². The molecule has 2 aliphatic carbocycles. The van der Waals surface area contributed by atoms with E-state index >= 15 is 0 Å². The van der Waals surface area contributed by atoms with Crippen LogP contribution in [0.3, 0.4) is 0 Å². The van der Waals surface area contributed by atoms with Crippen molar-refractivity contribution in [2.45, 2.75) is 82.9 Å². The molecule has 9 heteroatoms. The van der Waals surface area contributed by atoms with Gasteiger partial charge in [-0.25, -0.2) is 23.1 Å². The third-order valence-electron chi connectivity index (χ3n) is 6.10. The number of carbonyl (C=O) groups excluding carboxylic acids is 1. The van der Waals surface area contributed by atoms with Crippen molar-refractivity contribution in [1.82, 2.24) is 19.9 Å². The van der Waals surface area contributed by atoms with Gasteiger partial charge in [-0.1, -0.05) is 0 Å². The Morgan fingerprint density at radius 3 is 2.55 bits per heavy atom. The zero-order valence-electron chi connectivity index (χ0n) is 18.3. The van der Waals surface area contributed by atoms with Crippen molar-refractivity contribution in [3.05, 3.63) is 29.7 Å². The summed E-state index contributed by atoms with van der Waals surface area (Å²) in [5.74, 6) is -2.32. The average molecular weight is 436 g/mol. The molecule has 3 N–H and O–H groups in total. The highest BCUT2D eigenvalue weighted by molar-refractivity contribution is 5.68. The summed E-state index contributed by atoms with van der Waals surface area (Å²) in [6, 6.07) is 1.32. The number of alkyl carbamates (subject to hydrolysis) is 1. The number of alkyl halides is 2. The van der Waals surface area contributed by atoms with E-state index in [1.165, 1.54) is 0 Å². The lowest BCUT2D eigenvalue weighted by Gasteiger charge is -2.33. The molecule has 31 heavy (non-hydrogen) atoms. The number of imidazole rings is 1. The number of amides is 1. The monoisotopic (exact) mass is 435 g/mol. The molecule has 2 heterocycles. The van der Waals surface area contributed by atoms with Gasteiger partial charge in [0.25, 0.3) is 0 Å². The Bertz CT molecular complexity index is 941. The highest BCUT2D eigenvalue weighted by atomic mass is 19.3. The molecule has 2 fully saturated rings. The molecular weight excluding hydrogens is 404 g/mol. The van der Waals surface area contributed by atoms with Crippen LogP contribution in [0.4, 0.5) is 13.6 Å². The van der Waals surface area contributed by atoms with Crippen molar-refractivity contribution < 1.29 is 18.3 Å². The quantitative estimate of drug-likeness (QED) is 0.720. The van der Waals surface area contributed by atoms with E-state index < -0.39 is 23.7 Å². The minimum Gasteiger partial charge on any atom is -0.444 e. The second kappa shape index (κ2) is 8.00. The van der Waals surface area contributed by atoms with Gasteiger partial charge in [0.05, 0.1) is 24.1 Å². The first-order valence-electron chi connectivity index (χ1n) is 11.0. The predicted molar refractivity (Wildman–Crippen MR) is 112 cm³/mol. The van der Waals surface area contributed by atoms with Crippen LogP contribution in [0.5, 0.6) is 0 Å². The molecule has 2 aliphatic rings. The Kier molecular flexibility index (Phi) is 5.66. The predicted octanol–water partition coefficient (Wildman–Crippen LogP) is 4.53. The molecule has 0 aromatic carbocycles. The number of halogens is 2. The van der Waals surface area contributed by atoms with Gasteiger partial charge in [0.2, 0.25) is 5.92 Å². The second-order valence-corrected chi connectivity index (χ2v) is 9.94. The van der Waals surface area contributed by atoms with Crippen LogP contribution < -0.4 is 11.1 Å². The topological polar surface area (TPSA) is 94.5 Å². The zero-order chi connectivity index (χ0) is 22.4. The number of rotatable bonds is 5. The van der Waals surface area contributed by atoms with Crippen LogP contribution in [0.2, 0.25) is 0 Å². The average Bonchev–Trinajstić information content (AvgIpc) is 3.43. The molecule has 0 spiro atoms. The molecule has 0 saturated heterocycles. The van der Waals surface area contributed by atoms with Gasteiger partial charge in [-0.15, -0.1) is 0 Å². The molecule has 2 atom stereocenters. The minimum atomic E-state index is -2.65. The number of nitrogens with zero attached hydrogens (tertiary/aromatic N) is 3. The third kappa shape index (κ3) is 5.31. The molecule has 4 rings (SSSR count). The zero-order valence-corrected chi connectivity index (χ0v) is 18.3. The molecule has 170 valence electrons. The molecule has 2 saturated carbocycles. The van der Waals surface area contributed by atoms with Crippen molar-refractivity contribution in [3.8, 4) is 0 Å². The van der Waals surface area contributed by atoms with E-state index in [9.17, 15) is 13.6 Å². The fourth-order valence-corrected chi connectivity index (χ4v) is 4.23. The molecule has 1 amide bonds. The summed E-state index contributed by atoms with van der Waals surface area (Å²) in [5, 5.41) is 7.31. The number of nitrogens with one attached hydrogen (secondary N) is 1. The maximum Gasteiger partial charge on any atom is 0.408 e. The first kappa shape index (κ1) is 21.9. The lowest BCUT2D eigenvalue weighted by atomic mass is 9.81.